The Morgan fingerprint density at radius 1 is 1.00 bits per heavy atom. The highest BCUT2D eigenvalue weighted by Crippen LogP contribution is 2.25. The minimum atomic E-state index is 1.08. The Hall–Kier alpha value is -1.76. The van der Waals surface area contributed by atoms with Crippen LogP contribution < -0.4 is 0 Å². The van der Waals surface area contributed by atoms with E-state index in [1.54, 1.807) is 0 Å². The van der Waals surface area contributed by atoms with Gasteiger partial charge in [-0.3, -0.25) is 0 Å². The SMILES string of the molecule is CC1=CC(c2ccc3ccccc3c2)=C[B]C1. The summed E-state index contributed by atoms with van der Waals surface area (Å²) in [5.41, 5.74) is 4.05. The molecule has 1 aliphatic heterocycles. The van der Waals surface area contributed by atoms with E-state index in [-0.39, 0.29) is 0 Å². The zero-order valence-electron chi connectivity index (χ0n) is 9.98. The van der Waals surface area contributed by atoms with Crippen LogP contribution in [-0.4, -0.2) is 7.28 Å². The van der Waals surface area contributed by atoms with Crippen LogP contribution in [0.5, 0.6) is 0 Å². The molecule has 0 aliphatic carbocycles. The molecule has 0 amide bonds. The van der Waals surface area contributed by atoms with Gasteiger partial charge in [-0.2, -0.15) is 0 Å². The Morgan fingerprint density at radius 2 is 1.82 bits per heavy atom. The van der Waals surface area contributed by atoms with E-state index in [0.29, 0.717) is 0 Å². The van der Waals surface area contributed by atoms with Gasteiger partial charge in [-0.1, -0.05) is 54.4 Å². The number of allylic oxidation sites excluding steroid dienone is 3. The van der Waals surface area contributed by atoms with E-state index in [2.05, 4.69) is 68.7 Å². The van der Waals surface area contributed by atoms with Crippen LogP contribution >= 0.6 is 0 Å². The fourth-order valence-corrected chi connectivity index (χ4v) is 2.29. The Morgan fingerprint density at radius 3 is 2.65 bits per heavy atom. The number of benzene rings is 2. The third-order valence-corrected chi connectivity index (χ3v) is 3.22. The van der Waals surface area contributed by atoms with E-state index in [0.717, 1.165) is 6.32 Å². The van der Waals surface area contributed by atoms with E-state index >= 15 is 0 Å². The average Bonchev–Trinajstić information content (AvgIpc) is 2.38. The first-order valence-electron chi connectivity index (χ1n) is 6.03. The van der Waals surface area contributed by atoms with Crippen molar-refractivity contribution in [2.45, 2.75) is 13.2 Å². The lowest BCUT2D eigenvalue weighted by atomic mass is 9.66. The molecule has 81 valence electrons. The van der Waals surface area contributed by atoms with Gasteiger partial charge in [0.15, 0.2) is 0 Å². The van der Waals surface area contributed by atoms with Gasteiger partial charge in [0.1, 0.15) is 7.28 Å². The van der Waals surface area contributed by atoms with Gasteiger partial charge in [-0.25, -0.2) is 0 Å². The number of hydrogen-bond acceptors (Lipinski definition) is 0. The molecular formula is C16H14B. The number of rotatable bonds is 1. The third-order valence-electron chi connectivity index (χ3n) is 3.22. The van der Waals surface area contributed by atoms with Crippen molar-refractivity contribution in [3.63, 3.8) is 0 Å². The highest BCUT2D eigenvalue weighted by Gasteiger charge is 2.05. The fourth-order valence-electron chi connectivity index (χ4n) is 2.29. The lowest BCUT2D eigenvalue weighted by molar-refractivity contribution is 1.36. The quantitative estimate of drug-likeness (QED) is 0.626. The molecule has 0 atom stereocenters. The molecule has 0 bridgehead atoms. The van der Waals surface area contributed by atoms with E-state index in [1.807, 2.05) is 0 Å². The van der Waals surface area contributed by atoms with Crippen LogP contribution in [0.1, 0.15) is 12.5 Å². The average molecular weight is 217 g/mol. The topological polar surface area (TPSA) is 0 Å². The summed E-state index contributed by atoms with van der Waals surface area (Å²) < 4.78 is 0. The zero-order valence-corrected chi connectivity index (χ0v) is 9.98. The van der Waals surface area contributed by atoms with Crippen molar-refractivity contribution in [3.8, 4) is 0 Å². The van der Waals surface area contributed by atoms with Gasteiger partial charge in [0.2, 0.25) is 0 Å². The van der Waals surface area contributed by atoms with E-state index < -0.39 is 0 Å². The Labute approximate surface area is 103 Å². The van der Waals surface area contributed by atoms with Crippen LogP contribution in [0.3, 0.4) is 0 Å². The molecule has 1 heteroatoms. The normalized spacial score (nSPS) is 15.1. The summed E-state index contributed by atoms with van der Waals surface area (Å²) in [5.74, 6) is 2.22. The summed E-state index contributed by atoms with van der Waals surface area (Å²) in [6, 6.07) is 15.2. The minimum absolute atomic E-state index is 1.08. The van der Waals surface area contributed by atoms with Gasteiger partial charge >= 0.3 is 0 Å². The lowest BCUT2D eigenvalue weighted by Gasteiger charge is -2.11. The minimum Gasteiger partial charge on any atom is -0.115 e. The molecule has 0 saturated heterocycles. The fraction of sp³-hybridized carbons (Fsp3) is 0.125. The molecule has 2 aromatic carbocycles. The van der Waals surface area contributed by atoms with Crippen LogP contribution in [-0.2, 0) is 0 Å². The summed E-state index contributed by atoms with van der Waals surface area (Å²) in [6.07, 6.45) is 3.36. The van der Waals surface area contributed by atoms with Crippen molar-refractivity contribution in [2.24, 2.45) is 0 Å². The van der Waals surface area contributed by atoms with Crippen molar-refractivity contribution in [1.82, 2.24) is 0 Å². The second-order valence-electron chi connectivity index (χ2n) is 4.61. The molecule has 17 heavy (non-hydrogen) atoms. The molecule has 0 saturated carbocycles. The first-order valence-corrected chi connectivity index (χ1v) is 6.03. The first kappa shape index (κ1) is 10.4. The van der Waals surface area contributed by atoms with Crippen LogP contribution in [0.2, 0.25) is 6.32 Å². The predicted octanol–water partition coefficient (Wildman–Crippen LogP) is 4.26. The van der Waals surface area contributed by atoms with Crippen molar-refractivity contribution in [1.29, 1.82) is 0 Å². The van der Waals surface area contributed by atoms with Gasteiger partial charge in [0, 0.05) is 0 Å². The van der Waals surface area contributed by atoms with Crippen LogP contribution in [0, 0.1) is 0 Å². The largest absolute Gasteiger partial charge is 0.146 e. The second-order valence-corrected chi connectivity index (χ2v) is 4.61. The monoisotopic (exact) mass is 217 g/mol. The Kier molecular flexibility index (Phi) is 2.60. The molecule has 1 aliphatic rings. The first-order chi connectivity index (χ1) is 8.33. The molecule has 0 N–H and O–H groups in total. The predicted molar refractivity (Wildman–Crippen MR) is 76.2 cm³/mol. The molecule has 0 nitrogen and oxygen atoms in total. The Balaban J connectivity index is 2.09. The highest BCUT2D eigenvalue weighted by atomic mass is 14.1. The summed E-state index contributed by atoms with van der Waals surface area (Å²) in [7, 11) is 2.24. The van der Waals surface area contributed by atoms with Crippen LogP contribution in [0.25, 0.3) is 16.3 Å². The maximum absolute atomic E-state index is 2.28. The smallest absolute Gasteiger partial charge is 0.115 e. The number of hydrogen-bond donors (Lipinski definition) is 0. The van der Waals surface area contributed by atoms with Gasteiger partial charge < -0.3 is 0 Å². The van der Waals surface area contributed by atoms with Crippen LogP contribution in [0.15, 0.2) is 60.1 Å². The van der Waals surface area contributed by atoms with Gasteiger partial charge in [0.05, 0.1) is 0 Å². The zero-order chi connectivity index (χ0) is 11.7. The standard InChI is InChI=1S/C16H14B/c1-12-8-16(11-17-10-12)15-7-6-13-4-2-3-5-14(13)9-15/h2-9,11H,10H2,1H3. The maximum Gasteiger partial charge on any atom is 0.146 e. The summed E-state index contributed by atoms with van der Waals surface area (Å²) >= 11 is 0. The molecule has 0 fully saturated rings. The van der Waals surface area contributed by atoms with Crippen molar-refractivity contribution >= 4 is 23.6 Å². The van der Waals surface area contributed by atoms with Crippen molar-refractivity contribution in [3.05, 3.63) is 65.7 Å². The number of fused-ring (bicyclic) bond motifs is 1. The molecular weight excluding hydrogens is 203 g/mol. The molecule has 3 rings (SSSR count). The maximum atomic E-state index is 2.28. The molecule has 0 aromatic heterocycles. The summed E-state index contributed by atoms with van der Waals surface area (Å²) in [5, 5.41) is 2.61. The summed E-state index contributed by atoms with van der Waals surface area (Å²) in [4.78, 5) is 0. The van der Waals surface area contributed by atoms with Crippen LogP contribution in [0.4, 0.5) is 0 Å². The lowest BCUT2D eigenvalue weighted by Crippen LogP contribution is -1.96. The van der Waals surface area contributed by atoms with E-state index in [9.17, 15) is 0 Å². The second kappa shape index (κ2) is 4.25. The molecule has 2 aromatic rings. The van der Waals surface area contributed by atoms with Crippen molar-refractivity contribution in [2.75, 3.05) is 0 Å². The molecule has 1 radical (unpaired) electrons. The van der Waals surface area contributed by atoms with Gasteiger partial charge in [-0.05, 0) is 34.9 Å². The van der Waals surface area contributed by atoms with Gasteiger partial charge in [-0.15, -0.1) is 5.98 Å². The third kappa shape index (κ3) is 2.05. The van der Waals surface area contributed by atoms with E-state index in [4.69, 9.17) is 0 Å². The Bertz CT molecular complexity index is 620. The van der Waals surface area contributed by atoms with Gasteiger partial charge in [0.25, 0.3) is 0 Å². The van der Waals surface area contributed by atoms with E-state index in [1.165, 1.54) is 27.5 Å². The highest BCUT2D eigenvalue weighted by molar-refractivity contribution is 6.45. The molecule has 0 unspecified atom stereocenters. The molecule has 0 spiro atoms. The summed E-state index contributed by atoms with van der Waals surface area (Å²) in [6.45, 7) is 2.19. The molecule has 1 heterocycles. The van der Waals surface area contributed by atoms with Crippen molar-refractivity contribution < 1.29 is 0 Å².